The molecule has 1 heterocycles. The van der Waals surface area contributed by atoms with Crippen molar-refractivity contribution in [2.75, 3.05) is 13.7 Å². The van der Waals surface area contributed by atoms with Crippen LogP contribution >= 0.6 is 0 Å². The van der Waals surface area contributed by atoms with E-state index >= 15 is 0 Å². The highest BCUT2D eigenvalue weighted by molar-refractivity contribution is 5.79. The molecule has 1 unspecified atom stereocenters. The Morgan fingerprint density at radius 3 is 3.00 bits per heavy atom. The van der Waals surface area contributed by atoms with Gasteiger partial charge in [0, 0.05) is 13.5 Å². The molecular formula is C6H10O3. The van der Waals surface area contributed by atoms with Gasteiger partial charge in [-0.3, -0.25) is 4.79 Å². The second-order valence-electron chi connectivity index (χ2n) is 2.03. The van der Waals surface area contributed by atoms with E-state index in [1.807, 2.05) is 0 Å². The zero-order chi connectivity index (χ0) is 6.69. The maximum atomic E-state index is 10.7. The van der Waals surface area contributed by atoms with E-state index in [4.69, 9.17) is 9.47 Å². The number of methoxy groups -OCH3 is 1. The average molecular weight is 130 g/mol. The molecule has 0 amide bonds. The quantitative estimate of drug-likeness (QED) is 0.513. The molecule has 0 aromatic heterocycles. The third-order valence-electron chi connectivity index (χ3n) is 1.34. The highest BCUT2D eigenvalue weighted by Gasteiger charge is 2.18. The molecule has 1 aliphatic heterocycles. The third kappa shape index (κ3) is 1.77. The average Bonchev–Trinajstić information content (AvgIpc) is 1.88. The minimum Gasteiger partial charge on any atom is -0.355 e. The lowest BCUT2D eigenvalue weighted by molar-refractivity contribution is -0.161. The normalized spacial score (nSPS) is 28.6. The lowest BCUT2D eigenvalue weighted by Gasteiger charge is -2.19. The van der Waals surface area contributed by atoms with Gasteiger partial charge in [-0.05, 0) is 0 Å². The van der Waals surface area contributed by atoms with Crippen LogP contribution < -0.4 is 0 Å². The molecule has 0 radical (unpaired) electrons. The van der Waals surface area contributed by atoms with E-state index < -0.39 is 0 Å². The van der Waals surface area contributed by atoms with Gasteiger partial charge in [-0.1, -0.05) is 0 Å². The van der Waals surface area contributed by atoms with E-state index in [0.29, 0.717) is 19.4 Å². The smallest absolute Gasteiger partial charge is 0.164 e. The highest BCUT2D eigenvalue weighted by atomic mass is 16.7. The minimum atomic E-state index is -0.286. The summed E-state index contributed by atoms with van der Waals surface area (Å²) in [5.41, 5.74) is 0. The maximum Gasteiger partial charge on any atom is 0.164 e. The first-order valence-corrected chi connectivity index (χ1v) is 2.99. The van der Waals surface area contributed by atoms with Gasteiger partial charge in [0.1, 0.15) is 5.78 Å². The lowest BCUT2D eigenvalue weighted by Crippen LogP contribution is -2.26. The van der Waals surface area contributed by atoms with Crippen LogP contribution in [-0.2, 0) is 14.3 Å². The van der Waals surface area contributed by atoms with Gasteiger partial charge in [-0.2, -0.15) is 0 Å². The summed E-state index contributed by atoms with van der Waals surface area (Å²) >= 11 is 0. The summed E-state index contributed by atoms with van der Waals surface area (Å²) in [6.07, 6.45) is 0.669. The van der Waals surface area contributed by atoms with Crippen molar-refractivity contribution in [2.45, 2.75) is 19.1 Å². The maximum absolute atomic E-state index is 10.7. The fourth-order valence-corrected chi connectivity index (χ4v) is 0.802. The number of hydrogen-bond donors (Lipinski definition) is 0. The molecular weight excluding hydrogens is 120 g/mol. The summed E-state index contributed by atoms with van der Waals surface area (Å²) in [6, 6.07) is 0. The molecule has 1 rings (SSSR count). The monoisotopic (exact) mass is 130 g/mol. The predicted octanol–water partition coefficient (Wildman–Crippen LogP) is 0.338. The van der Waals surface area contributed by atoms with E-state index in [1.54, 1.807) is 7.11 Å². The first kappa shape index (κ1) is 6.71. The Hall–Kier alpha value is -0.410. The van der Waals surface area contributed by atoms with Crippen LogP contribution in [0.2, 0.25) is 0 Å². The van der Waals surface area contributed by atoms with E-state index in [1.165, 1.54) is 0 Å². The highest BCUT2D eigenvalue weighted by Crippen LogP contribution is 2.08. The van der Waals surface area contributed by atoms with Crippen molar-refractivity contribution >= 4 is 5.78 Å². The van der Waals surface area contributed by atoms with Gasteiger partial charge in [-0.15, -0.1) is 0 Å². The minimum absolute atomic E-state index is 0.230. The molecule has 0 spiro atoms. The Kier molecular flexibility index (Phi) is 2.19. The van der Waals surface area contributed by atoms with Gasteiger partial charge >= 0.3 is 0 Å². The van der Waals surface area contributed by atoms with Crippen molar-refractivity contribution in [1.29, 1.82) is 0 Å². The number of Topliss-reactive ketones (excluding diaryl/α,β-unsaturated/α-hetero) is 1. The van der Waals surface area contributed by atoms with Crippen LogP contribution in [0.4, 0.5) is 0 Å². The number of carbonyl (C=O) groups excluding carboxylic acids is 1. The van der Waals surface area contributed by atoms with Crippen molar-refractivity contribution in [2.24, 2.45) is 0 Å². The molecule has 9 heavy (non-hydrogen) atoms. The standard InChI is InChI=1S/C6H10O3/c1-8-6-4-5(7)2-3-9-6/h6H,2-4H2,1H3. The number of ether oxygens (including phenoxy) is 2. The van der Waals surface area contributed by atoms with E-state index in [0.717, 1.165) is 0 Å². The molecule has 0 bridgehead atoms. The van der Waals surface area contributed by atoms with Crippen LogP contribution in [0.1, 0.15) is 12.8 Å². The van der Waals surface area contributed by atoms with Gasteiger partial charge in [0.05, 0.1) is 13.0 Å². The molecule has 52 valence electrons. The van der Waals surface area contributed by atoms with Gasteiger partial charge in [-0.25, -0.2) is 0 Å². The second-order valence-corrected chi connectivity index (χ2v) is 2.03. The summed E-state index contributed by atoms with van der Waals surface area (Å²) in [5, 5.41) is 0. The fourth-order valence-electron chi connectivity index (χ4n) is 0.802. The topological polar surface area (TPSA) is 35.5 Å². The van der Waals surface area contributed by atoms with Crippen LogP contribution in [-0.4, -0.2) is 25.8 Å². The van der Waals surface area contributed by atoms with Crippen LogP contribution in [0.3, 0.4) is 0 Å². The van der Waals surface area contributed by atoms with E-state index in [2.05, 4.69) is 0 Å². The number of carbonyl (C=O) groups is 1. The molecule has 1 fully saturated rings. The summed E-state index contributed by atoms with van der Waals surface area (Å²) < 4.78 is 9.87. The van der Waals surface area contributed by atoms with Crippen LogP contribution in [0.15, 0.2) is 0 Å². The molecule has 1 atom stereocenters. The number of rotatable bonds is 1. The van der Waals surface area contributed by atoms with Crippen molar-refractivity contribution in [3.05, 3.63) is 0 Å². The molecule has 1 saturated heterocycles. The first-order valence-electron chi connectivity index (χ1n) is 2.99. The van der Waals surface area contributed by atoms with Crippen LogP contribution in [0.5, 0.6) is 0 Å². The zero-order valence-electron chi connectivity index (χ0n) is 5.42. The van der Waals surface area contributed by atoms with Gasteiger partial charge in [0.2, 0.25) is 0 Å². The Morgan fingerprint density at radius 2 is 2.56 bits per heavy atom. The number of ketones is 1. The van der Waals surface area contributed by atoms with Crippen LogP contribution in [0.25, 0.3) is 0 Å². The second kappa shape index (κ2) is 2.94. The molecule has 3 nitrogen and oxygen atoms in total. The first-order chi connectivity index (χ1) is 4.33. The Bertz CT molecular complexity index is 111. The number of hydrogen-bond acceptors (Lipinski definition) is 3. The fraction of sp³-hybridized carbons (Fsp3) is 0.833. The van der Waals surface area contributed by atoms with Crippen LogP contribution in [0, 0.1) is 0 Å². The lowest BCUT2D eigenvalue weighted by atomic mass is 10.2. The molecule has 0 aliphatic carbocycles. The van der Waals surface area contributed by atoms with E-state index in [-0.39, 0.29) is 12.1 Å². The summed E-state index contributed by atoms with van der Waals surface area (Å²) in [6.45, 7) is 0.511. The Morgan fingerprint density at radius 1 is 1.78 bits per heavy atom. The van der Waals surface area contributed by atoms with Gasteiger partial charge < -0.3 is 9.47 Å². The molecule has 0 saturated carbocycles. The van der Waals surface area contributed by atoms with Crippen molar-refractivity contribution in [3.8, 4) is 0 Å². The largest absolute Gasteiger partial charge is 0.355 e. The van der Waals surface area contributed by atoms with Gasteiger partial charge in [0.15, 0.2) is 6.29 Å². The van der Waals surface area contributed by atoms with Crippen molar-refractivity contribution < 1.29 is 14.3 Å². The summed E-state index contributed by atoms with van der Waals surface area (Å²) in [4.78, 5) is 10.7. The summed E-state index contributed by atoms with van der Waals surface area (Å²) in [5.74, 6) is 0.230. The zero-order valence-corrected chi connectivity index (χ0v) is 5.42. The molecule has 0 aromatic carbocycles. The SMILES string of the molecule is COC1CC(=O)CCO1. The van der Waals surface area contributed by atoms with Crippen molar-refractivity contribution in [3.63, 3.8) is 0 Å². The predicted molar refractivity (Wildman–Crippen MR) is 31.0 cm³/mol. The molecule has 3 heteroatoms. The molecule has 0 N–H and O–H groups in total. The summed E-state index contributed by atoms with van der Waals surface area (Å²) in [7, 11) is 1.54. The Balaban J connectivity index is 2.32. The van der Waals surface area contributed by atoms with Crippen molar-refractivity contribution in [1.82, 2.24) is 0 Å². The third-order valence-corrected chi connectivity index (χ3v) is 1.34. The Labute approximate surface area is 53.9 Å². The van der Waals surface area contributed by atoms with E-state index in [9.17, 15) is 4.79 Å². The van der Waals surface area contributed by atoms with Gasteiger partial charge in [0.25, 0.3) is 0 Å². The molecule has 1 aliphatic rings. The molecule has 0 aromatic rings.